The molecular formula is C15H26N4OS. The molecule has 2 rings (SSSR count). The monoisotopic (exact) mass is 310 g/mol. The van der Waals surface area contributed by atoms with E-state index < -0.39 is 0 Å². The molecule has 21 heavy (non-hydrogen) atoms. The van der Waals surface area contributed by atoms with Gasteiger partial charge in [0.15, 0.2) is 0 Å². The van der Waals surface area contributed by atoms with Gasteiger partial charge in [0.25, 0.3) is 0 Å². The van der Waals surface area contributed by atoms with Crippen molar-refractivity contribution in [3.8, 4) is 0 Å². The molecule has 1 aromatic rings. The van der Waals surface area contributed by atoms with Crippen LogP contribution in [-0.4, -0.2) is 67.0 Å². The highest BCUT2D eigenvalue weighted by Crippen LogP contribution is 2.11. The fraction of sp³-hybridized carbons (Fsp3) is 0.733. The van der Waals surface area contributed by atoms with Crippen molar-refractivity contribution in [3.05, 3.63) is 16.1 Å². The minimum Gasteiger partial charge on any atom is -0.348 e. The topological polar surface area (TPSA) is 48.5 Å². The number of aromatic nitrogens is 1. The summed E-state index contributed by atoms with van der Waals surface area (Å²) in [5.41, 5.74) is 1.19. The molecule has 1 aromatic heterocycles. The third-order valence-electron chi connectivity index (χ3n) is 3.93. The Morgan fingerprint density at radius 2 is 2.19 bits per heavy atom. The van der Waals surface area contributed by atoms with Gasteiger partial charge in [0.1, 0.15) is 0 Å². The molecule has 0 saturated carbocycles. The highest BCUT2D eigenvalue weighted by atomic mass is 32.1. The van der Waals surface area contributed by atoms with E-state index in [-0.39, 0.29) is 5.91 Å². The predicted octanol–water partition coefficient (Wildman–Crippen LogP) is 1.14. The number of nitrogens with zero attached hydrogens (tertiary/aromatic N) is 3. The molecule has 0 spiro atoms. The van der Waals surface area contributed by atoms with Gasteiger partial charge in [0.2, 0.25) is 5.91 Å². The molecule has 0 bridgehead atoms. The molecule has 1 aliphatic rings. The van der Waals surface area contributed by atoms with Gasteiger partial charge in [-0.3, -0.25) is 9.69 Å². The zero-order chi connectivity index (χ0) is 15.2. The van der Waals surface area contributed by atoms with Crippen LogP contribution in [0.5, 0.6) is 0 Å². The molecule has 1 fully saturated rings. The second kappa shape index (κ2) is 7.87. The number of aryl methyl sites for hydroxylation is 1. The van der Waals surface area contributed by atoms with Crippen LogP contribution in [0.3, 0.4) is 0 Å². The van der Waals surface area contributed by atoms with Crippen LogP contribution in [-0.2, 0) is 11.2 Å². The number of hydrogen-bond donors (Lipinski definition) is 1. The average Bonchev–Trinajstić information content (AvgIpc) is 2.86. The zero-order valence-electron chi connectivity index (χ0n) is 13.3. The Balaban J connectivity index is 1.62. The summed E-state index contributed by atoms with van der Waals surface area (Å²) >= 11 is 1.72. The van der Waals surface area contributed by atoms with E-state index in [9.17, 15) is 4.79 Å². The van der Waals surface area contributed by atoms with E-state index in [2.05, 4.69) is 20.6 Å². The second-order valence-electron chi connectivity index (χ2n) is 5.90. The number of nitrogens with one attached hydrogen (secondary N) is 1. The number of carbonyl (C=O) groups is 1. The maximum atomic E-state index is 11.7. The van der Waals surface area contributed by atoms with Crippen LogP contribution in [0.2, 0.25) is 0 Å². The number of carbonyl (C=O) groups excluding carboxylic acids is 1. The van der Waals surface area contributed by atoms with Crippen LogP contribution in [0.1, 0.15) is 23.5 Å². The standard InChI is InChI=1S/C15H26N4OS/c1-12-17-14(11-21-12)4-7-16-13-5-8-19(9-6-13)10-15(20)18(2)3/h11,13,16H,4-10H2,1-3H3. The lowest BCUT2D eigenvalue weighted by atomic mass is 10.0. The minimum absolute atomic E-state index is 0.195. The van der Waals surface area contributed by atoms with Gasteiger partial charge in [0.05, 0.1) is 17.2 Å². The maximum absolute atomic E-state index is 11.7. The van der Waals surface area contributed by atoms with Crippen LogP contribution < -0.4 is 5.32 Å². The van der Waals surface area contributed by atoms with E-state index in [0.29, 0.717) is 12.6 Å². The van der Waals surface area contributed by atoms with Gasteiger partial charge < -0.3 is 10.2 Å². The molecule has 5 nitrogen and oxygen atoms in total. The third kappa shape index (κ3) is 5.37. The van der Waals surface area contributed by atoms with Crippen LogP contribution in [0, 0.1) is 6.92 Å². The molecular weight excluding hydrogens is 284 g/mol. The molecule has 0 aliphatic carbocycles. The summed E-state index contributed by atoms with van der Waals surface area (Å²) < 4.78 is 0. The summed E-state index contributed by atoms with van der Waals surface area (Å²) in [5, 5.41) is 6.91. The second-order valence-corrected chi connectivity index (χ2v) is 6.96. The van der Waals surface area contributed by atoms with Gasteiger partial charge in [-0.25, -0.2) is 4.98 Å². The Kier molecular flexibility index (Phi) is 6.14. The Morgan fingerprint density at radius 1 is 1.48 bits per heavy atom. The normalized spacial score (nSPS) is 17.1. The SMILES string of the molecule is Cc1nc(CCNC2CCN(CC(=O)N(C)C)CC2)cs1. The van der Waals surface area contributed by atoms with E-state index in [1.165, 1.54) is 5.69 Å². The van der Waals surface area contributed by atoms with Crippen molar-refractivity contribution in [1.82, 2.24) is 20.1 Å². The summed E-state index contributed by atoms with van der Waals surface area (Å²) in [6.07, 6.45) is 3.25. The highest BCUT2D eigenvalue weighted by molar-refractivity contribution is 7.09. The number of rotatable bonds is 6. The largest absolute Gasteiger partial charge is 0.348 e. The van der Waals surface area contributed by atoms with Crippen molar-refractivity contribution < 1.29 is 4.79 Å². The van der Waals surface area contributed by atoms with Crippen molar-refractivity contribution >= 4 is 17.2 Å². The number of likely N-dealkylation sites (N-methyl/N-ethyl adjacent to an activating group) is 1. The van der Waals surface area contributed by atoms with Crippen LogP contribution >= 0.6 is 11.3 Å². The van der Waals surface area contributed by atoms with Gasteiger partial charge in [-0.1, -0.05) is 0 Å². The fourth-order valence-corrected chi connectivity index (χ4v) is 3.20. The first-order valence-electron chi connectivity index (χ1n) is 7.61. The molecule has 1 saturated heterocycles. The minimum atomic E-state index is 0.195. The molecule has 2 heterocycles. The van der Waals surface area contributed by atoms with Crippen molar-refractivity contribution in [2.24, 2.45) is 0 Å². The number of piperidine rings is 1. The van der Waals surface area contributed by atoms with Crippen LogP contribution in [0.15, 0.2) is 5.38 Å². The summed E-state index contributed by atoms with van der Waals surface area (Å²) in [4.78, 5) is 20.1. The van der Waals surface area contributed by atoms with Gasteiger partial charge in [-0.15, -0.1) is 11.3 Å². The van der Waals surface area contributed by atoms with Crippen molar-refractivity contribution in [1.29, 1.82) is 0 Å². The molecule has 0 unspecified atom stereocenters. The summed E-state index contributed by atoms with van der Waals surface area (Å²) in [7, 11) is 3.63. The quantitative estimate of drug-likeness (QED) is 0.856. The summed E-state index contributed by atoms with van der Waals surface area (Å²) in [6.45, 7) is 5.61. The first kappa shape index (κ1) is 16.4. The molecule has 118 valence electrons. The number of amides is 1. The molecule has 1 aliphatic heterocycles. The predicted molar refractivity (Wildman–Crippen MR) is 86.7 cm³/mol. The van der Waals surface area contributed by atoms with Crippen LogP contribution in [0.4, 0.5) is 0 Å². The van der Waals surface area contributed by atoms with E-state index in [1.807, 2.05) is 21.0 Å². The lowest BCUT2D eigenvalue weighted by molar-refractivity contribution is -0.130. The Hall–Kier alpha value is -0.980. The van der Waals surface area contributed by atoms with E-state index in [0.717, 1.165) is 43.9 Å². The summed E-state index contributed by atoms with van der Waals surface area (Å²) in [5.74, 6) is 0.195. The lowest BCUT2D eigenvalue weighted by Gasteiger charge is -2.32. The highest BCUT2D eigenvalue weighted by Gasteiger charge is 2.20. The number of thiazole rings is 1. The number of hydrogen-bond acceptors (Lipinski definition) is 5. The van der Waals surface area contributed by atoms with Crippen molar-refractivity contribution in [2.75, 3.05) is 40.3 Å². The molecule has 6 heteroatoms. The van der Waals surface area contributed by atoms with E-state index in [1.54, 1.807) is 16.2 Å². The van der Waals surface area contributed by atoms with Gasteiger partial charge in [0, 0.05) is 51.6 Å². The maximum Gasteiger partial charge on any atom is 0.236 e. The molecule has 1 amide bonds. The lowest BCUT2D eigenvalue weighted by Crippen LogP contribution is -2.46. The van der Waals surface area contributed by atoms with Crippen molar-refractivity contribution in [3.63, 3.8) is 0 Å². The van der Waals surface area contributed by atoms with Crippen molar-refractivity contribution in [2.45, 2.75) is 32.2 Å². The van der Waals surface area contributed by atoms with Crippen LogP contribution in [0.25, 0.3) is 0 Å². The Labute approximate surface area is 131 Å². The fourth-order valence-electron chi connectivity index (χ4n) is 2.56. The van der Waals surface area contributed by atoms with E-state index >= 15 is 0 Å². The average molecular weight is 310 g/mol. The molecule has 0 aromatic carbocycles. The molecule has 1 N–H and O–H groups in total. The smallest absolute Gasteiger partial charge is 0.236 e. The molecule has 0 radical (unpaired) electrons. The number of likely N-dealkylation sites (tertiary alicyclic amines) is 1. The van der Waals surface area contributed by atoms with Gasteiger partial charge in [-0.05, 0) is 19.8 Å². The summed E-state index contributed by atoms with van der Waals surface area (Å²) in [6, 6.07) is 0.579. The Morgan fingerprint density at radius 3 is 2.76 bits per heavy atom. The first-order valence-corrected chi connectivity index (χ1v) is 8.49. The Bertz CT molecular complexity index is 452. The van der Waals surface area contributed by atoms with Gasteiger partial charge >= 0.3 is 0 Å². The molecule has 0 atom stereocenters. The first-order chi connectivity index (χ1) is 10.0. The zero-order valence-corrected chi connectivity index (χ0v) is 14.1. The van der Waals surface area contributed by atoms with E-state index in [4.69, 9.17) is 0 Å². The van der Waals surface area contributed by atoms with Gasteiger partial charge in [-0.2, -0.15) is 0 Å². The third-order valence-corrected chi connectivity index (χ3v) is 4.75.